The van der Waals surface area contributed by atoms with Crippen LogP contribution in [-0.4, -0.2) is 10.8 Å². The Morgan fingerprint density at radius 3 is 2.65 bits per heavy atom. The Labute approximate surface area is 249 Å². The second-order valence-corrected chi connectivity index (χ2v) is 13.1. The molecule has 2 aliphatic rings. The van der Waals surface area contributed by atoms with Gasteiger partial charge in [-0.25, -0.2) is 0 Å². The van der Waals surface area contributed by atoms with Crippen molar-refractivity contribution in [2.75, 3.05) is 4.90 Å². The number of allylic oxidation sites excluding steroid dienone is 3. The molecule has 1 atom stereocenters. The summed E-state index contributed by atoms with van der Waals surface area (Å²) in [6.07, 6.45) is 4.47. The van der Waals surface area contributed by atoms with Crippen molar-refractivity contribution in [2.45, 2.75) is 57.1 Å². The van der Waals surface area contributed by atoms with Gasteiger partial charge in [-0.2, -0.15) is 5.26 Å². The van der Waals surface area contributed by atoms with E-state index >= 15 is 0 Å². The van der Waals surface area contributed by atoms with E-state index in [1.807, 2.05) is 30.0 Å². The minimum Gasteiger partial charge on any atom is -0.384 e. The van der Waals surface area contributed by atoms with Crippen LogP contribution in [0.4, 0.5) is 5.69 Å². The van der Waals surface area contributed by atoms with E-state index in [9.17, 15) is 10.1 Å². The molecule has 2 heterocycles. The number of aromatic nitrogens is 1. The number of halogens is 2. The van der Waals surface area contributed by atoms with Crippen molar-refractivity contribution in [1.29, 1.82) is 5.26 Å². The molecule has 8 heteroatoms. The van der Waals surface area contributed by atoms with Crippen LogP contribution in [0.25, 0.3) is 0 Å². The van der Waals surface area contributed by atoms with Gasteiger partial charge in [0, 0.05) is 39.6 Å². The highest BCUT2D eigenvalue weighted by Crippen LogP contribution is 2.51. The van der Waals surface area contributed by atoms with E-state index in [-0.39, 0.29) is 11.2 Å². The Bertz CT molecular complexity index is 1620. The van der Waals surface area contributed by atoms with Crippen molar-refractivity contribution in [3.63, 3.8) is 0 Å². The summed E-state index contributed by atoms with van der Waals surface area (Å²) in [6.45, 7) is 8.28. The quantitative estimate of drug-likeness (QED) is 0.302. The first-order chi connectivity index (χ1) is 19.0. The molecule has 1 aromatic heterocycles. The van der Waals surface area contributed by atoms with E-state index in [0.29, 0.717) is 45.6 Å². The Kier molecular flexibility index (Phi) is 7.76. The fourth-order valence-corrected chi connectivity index (χ4v) is 7.30. The smallest absolute Gasteiger partial charge is 0.162 e. The molecule has 3 aromatic rings. The van der Waals surface area contributed by atoms with Gasteiger partial charge < -0.3 is 5.73 Å². The third kappa shape index (κ3) is 5.26. The molecule has 0 fully saturated rings. The van der Waals surface area contributed by atoms with Crippen LogP contribution < -0.4 is 10.6 Å². The normalized spacial score (nSPS) is 18.6. The number of ketones is 1. The third-order valence-corrected chi connectivity index (χ3v) is 9.35. The first kappa shape index (κ1) is 28.3. The van der Waals surface area contributed by atoms with Crippen LogP contribution in [0, 0.1) is 30.6 Å². The van der Waals surface area contributed by atoms with Gasteiger partial charge in [0.15, 0.2) is 5.78 Å². The highest BCUT2D eigenvalue weighted by Gasteiger charge is 2.45. The molecule has 1 unspecified atom stereocenters. The zero-order valence-corrected chi connectivity index (χ0v) is 25.2. The Morgan fingerprint density at radius 2 is 1.95 bits per heavy atom. The summed E-state index contributed by atoms with van der Waals surface area (Å²) >= 11 is 14.3. The number of benzene rings is 2. The van der Waals surface area contributed by atoms with E-state index < -0.39 is 5.92 Å². The maximum atomic E-state index is 13.9. The maximum Gasteiger partial charge on any atom is 0.162 e. The largest absolute Gasteiger partial charge is 0.384 e. The molecular weight excluding hydrogens is 559 g/mol. The van der Waals surface area contributed by atoms with Gasteiger partial charge in [0.25, 0.3) is 0 Å². The monoisotopic (exact) mass is 588 g/mol. The van der Waals surface area contributed by atoms with E-state index in [0.717, 1.165) is 38.5 Å². The number of thioether (sulfide) groups is 1. The number of Topliss-reactive ketones (excluding diaryl/α,β-unsaturated/α-hetero) is 1. The number of hydrogen-bond donors (Lipinski definition) is 1. The molecule has 0 spiro atoms. The van der Waals surface area contributed by atoms with E-state index in [1.165, 1.54) is 0 Å². The molecule has 5 rings (SSSR count). The topological polar surface area (TPSA) is 83.0 Å². The summed E-state index contributed by atoms with van der Waals surface area (Å²) in [5.41, 5.74) is 13.3. The number of nitriles is 1. The molecule has 1 aliphatic heterocycles. The standard InChI is InChI=1S/C32H30Cl2N4OS/c1-18-10-20(17-40-28-12-21(33)7-8-25(28)34)19(2)23(11-18)29-24(15-35)31(36)38(22-6-5-9-37-16-22)26-13-32(3,4)14-27(39)30(26)29/h5-12,16,29H,13-14,17,36H2,1-4H3. The number of anilines is 1. The Hall–Kier alpha value is -3.24. The lowest BCUT2D eigenvalue weighted by molar-refractivity contribution is -0.118. The number of aryl methyl sites for hydroxylation is 1. The molecule has 5 nitrogen and oxygen atoms in total. The van der Waals surface area contributed by atoms with Gasteiger partial charge in [-0.1, -0.05) is 54.7 Å². The van der Waals surface area contributed by atoms with Gasteiger partial charge >= 0.3 is 0 Å². The van der Waals surface area contributed by atoms with Gasteiger partial charge in [0.1, 0.15) is 5.82 Å². The van der Waals surface area contributed by atoms with Crippen LogP contribution in [0.1, 0.15) is 54.9 Å². The molecular formula is C32H30Cl2N4OS. The molecule has 2 aromatic carbocycles. The van der Waals surface area contributed by atoms with Gasteiger partial charge in [0.2, 0.25) is 0 Å². The van der Waals surface area contributed by atoms with Gasteiger partial charge in [-0.3, -0.25) is 14.7 Å². The predicted octanol–water partition coefficient (Wildman–Crippen LogP) is 8.24. The van der Waals surface area contributed by atoms with Crippen molar-refractivity contribution in [3.8, 4) is 6.07 Å². The summed E-state index contributed by atoms with van der Waals surface area (Å²) < 4.78 is 0. The van der Waals surface area contributed by atoms with Crippen LogP contribution in [0.15, 0.2) is 82.4 Å². The summed E-state index contributed by atoms with van der Waals surface area (Å²) in [5.74, 6) is 0.499. The molecule has 204 valence electrons. The molecule has 1 aliphatic carbocycles. The lowest BCUT2D eigenvalue weighted by atomic mass is 9.68. The van der Waals surface area contributed by atoms with Crippen LogP contribution in [0.2, 0.25) is 10.0 Å². The number of nitrogens with zero attached hydrogens (tertiary/aromatic N) is 3. The van der Waals surface area contributed by atoms with E-state index in [4.69, 9.17) is 28.9 Å². The lowest BCUT2D eigenvalue weighted by Crippen LogP contribution is -2.42. The SMILES string of the molecule is Cc1cc(CSc2cc(Cl)ccc2Cl)c(C)c(C2C(C#N)=C(N)N(c3cccnc3)C3=C2C(=O)CC(C)(C)C3)c1. The maximum absolute atomic E-state index is 13.9. The zero-order chi connectivity index (χ0) is 28.8. The van der Waals surface area contributed by atoms with Gasteiger partial charge in [-0.15, -0.1) is 11.8 Å². The Morgan fingerprint density at radius 1 is 1.18 bits per heavy atom. The predicted molar refractivity (Wildman–Crippen MR) is 163 cm³/mol. The molecule has 0 saturated heterocycles. The van der Waals surface area contributed by atoms with Gasteiger partial charge in [-0.05, 0) is 72.7 Å². The number of pyridine rings is 1. The molecule has 2 N–H and O–H groups in total. The first-order valence-electron chi connectivity index (χ1n) is 13.0. The van der Waals surface area contributed by atoms with Crippen molar-refractivity contribution in [3.05, 3.63) is 110 Å². The molecule has 40 heavy (non-hydrogen) atoms. The summed E-state index contributed by atoms with van der Waals surface area (Å²) in [5, 5.41) is 11.8. The summed E-state index contributed by atoms with van der Waals surface area (Å²) in [4.78, 5) is 21.0. The minimum absolute atomic E-state index is 0.0490. The highest BCUT2D eigenvalue weighted by molar-refractivity contribution is 7.98. The fourth-order valence-electron chi connectivity index (χ4n) is 5.76. The highest BCUT2D eigenvalue weighted by atomic mass is 35.5. The van der Waals surface area contributed by atoms with Gasteiger partial charge in [0.05, 0.1) is 34.5 Å². The minimum atomic E-state index is -0.546. The average Bonchev–Trinajstić information content (AvgIpc) is 2.90. The van der Waals surface area contributed by atoms with Crippen molar-refractivity contribution in [2.24, 2.45) is 11.1 Å². The fraction of sp³-hybridized carbons (Fsp3) is 0.281. The lowest BCUT2D eigenvalue weighted by Gasteiger charge is -2.44. The third-order valence-electron chi connectivity index (χ3n) is 7.57. The van der Waals surface area contributed by atoms with Crippen LogP contribution in [0.3, 0.4) is 0 Å². The van der Waals surface area contributed by atoms with Crippen molar-refractivity contribution in [1.82, 2.24) is 4.98 Å². The average molecular weight is 590 g/mol. The van der Waals surface area contributed by atoms with Crippen LogP contribution >= 0.6 is 35.0 Å². The number of rotatable bonds is 5. The molecule has 0 bridgehead atoms. The Balaban J connectivity index is 1.66. The second-order valence-electron chi connectivity index (χ2n) is 11.2. The summed E-state index contributed by atoms with van der Waals surface area (Å²) in [6, 6.07) is 15.8. The molecule has 0 radical (unpaired) electrons. The second kappa shape index (κ2) is 11.0. The number of carbonyl (C=O) groups is 1. The number of nitrogens with two attached hydrogens (primary N) is 1. The van der Waals surface area contributed by atoms with Crippen LogP contribution in [-0.2, 0) is 10.5 Å². The number of carbonyl (C=O) groups excluding carboxylic acids is 1. The summed E-state index contributed by atoms with van der Waals surface area (Å²) in [7, 11) is 0. The molecule has 0 amide bonds. The van der Waals surface area contributed by atoms with Crippen LogP contribution in [0.5, 0.6) is 0 Å². The van der Waals surface area contributed by atoms with E-state index in [1.54, 1.807) is 36.3 Å². The van der Waals surface area contributed by atoms with Crippen molar-refractivity contribution >= 4 is 46.4 Å². The number of hydrogen-bond acceptors (Lipinski definition) is 6. The van der Waals surface area contributed by atoms with E-state index in [2.05, 4.69) is 44.0 Å². The zero-order valence-electron chi connectivity index (χ0n) is 22.9. The van der Waals surface area contributed by atoms with Crippen molar-refractivity contribution < 1.29 is 4.79 Å². The first-order valence-corrected chi connectivity index (χ1v) is 14.8. The molecule has 0 saturated carbocycles.